The van der Waals surface area contributed by atoms with E-state index in [0.29, 0.717) is 37.8 Å². The van der Waals surface area contributed by atoms with Crippen molar-refractivity contribution < 1.29 is 18.5 Å². The van der Waals surface area contributed by atoms with Crippen LogP contribution in [0.3, 0.4) is 0 Å². The summed E-state index contributed by atoms with van der Waals surface area (Å²) in [6.07, 6.45) is 2.66. The van der Waals surface area contributed by atoms with Gasteiger partial charge in [0.1, 0.15) is 0 Å². The third-order valence-corrected chi connectivity index (χ3v) is 9.62. The van der Waals surface area contributed by atoms with E-state index in [-0.39, 0.29) is 24.2 Å². The van der Waals surface area contributed by atoms with Crippen LogP contribution in [0.4, 0.5) is 0 Å². The molecule has 4 aliphatic rings. The summed E-state index contributed by atoms with van der Waals surface area (Å²) in [4.78, 5) is 21.4. The van der Waals surface area contributed by atoms with Crippen molar-refractivity contribution in [2.75, 3.05) is 65.6 Å². The molecule has 206 valence electrons. The molecule has 38 heavy (non-hydrogen) atoms. The molecule has 0 aliphatic carbocycles. The summed E-state index contributed by atoms with van der Waals surface area (Å²) in [6.45, 7) is 12.5. The topological polar surface area (TPSA) is 80.1 Å². The smallest absolute Gasteiger partial charge is 0.274 e. The van der Waals surface area contributed by atoms with E-state index in [1.165, 1.54) is 0 Å². The lowest BCUT2D eigenvalue weighted by molar-refractivity contribution is -0.0698. The quantitative estimate of drug-likeness (QED) is 0.575. The van der Waals surface area contributed by atoms with Crippen LogP contribution in [-0.4, -0.2) is 112 Å². The Hall–Kier alpha value is -2.11. The molecule has 5 heterocycles. The standard InChI is InChI=1S/C28H39N5O4S/c1-20-16-31(17-21(2)37-20)11-10-30-9-5-6-22(18-30)33-27-23-7-3-4-8-25(23)38(35)19-24(27)26(29-33)28(34)32-12-14-36-15-13-32/h3-4,7-8,20-22H,5-6,9-19H2,1-2H3/t20-,21+,22?,38?. The Bertz CT molecular complexity index is 1190. The number of hydrogen-bond donors (Lipinski definition) is 0. The van der Waals surface area contributed by atoms with Crippen LogP contribution in [0.5, 0.6) is 0 Å². The first-order chi connectivity index (χ1) is 18.5. The number of nitrogens with zero attached hydrogens (tertiary/aromatic N) is 5. The Morgan fingerprint density at radius 1 is 1.03 bits per heavy atom. The minimum absolute atomic E-state index is 0.0668. The molecule has 1 aromatic carbocycles. The van der Waals surface area contributed by atoms with Gasteiger partial charge in [0, 0.05) is 61.8 Å². The predicted molar refractivity (Wildman–Crippen MR) is 146 cm³/mol. The van der Waals surface area contributed by atoms with Gasteiger partial charge < -0.3 is 14.4 Å². The molecular weight excluding hydrogens is 502 g/mol. The molecule has 6 rings (SSSR count). The summed E-state index contributed by atoms with van der Waals surface area (Å²) < 4.78 is 26.7. The fourth-order valence-corrected chi connectivity index (χ4v) is 7.83. The number of carbonyl (C=O) groups is 1. The number of carbonyl (C=O) groups excluding carboxylic acids is 1. The van der Waals surface area contributed by atoms with Gasteiger partial charge in [0.05, 0.1) is 53.7 Å². The average Bonchev–Trinajstić information content (AvgIpc) is 3.31. The fraction of sp³-hybridized carbons (Fsp3) is 0.643. The maximum atomic E-state index is 13.7. The van der Waals surface area contributed by atoms with Gasteiger partial charge in [0.2, 0.25) is 0 Å². The maximum absolute atomic E-state index is 13.7. The minimum atomic E-state index is -1.19. The number of benzene rings is 1. The van der Waals surface area contributed by atoms with Crippen molar-refractivity contribution in [2.24, 2.45) is 0 Å². The first kappa shape index (κ1) is 26.1. The van der Waals surface area contributed by atoms with E-state index >= 15 is 0 Å². The average molecular weight is 542 g/mol. The second kappa shape index (κ2) is 11.2. The largest absolute Gasteiger partial charge is 0.378 e. The van der Waals surface area contributed by atoms with Crippen LogP contribution < -0.4 is 0 Å². The minimum Gasteiger partial charge on any atom is -0.378 e. The second-order valence-corrected chi connectivity index (χ2v) is 12.5. The van der Waals surface area contributed by atoms with Gasteiger partial charge in [-0.05, 0) is 39.3 Å². The molecular formula is C28H39N5O4S. The highest BCUT2D eigenvalue weighted by atomic mass is 32.2. The highest BCUT2D eigenvalue weighted by molar-refractivity contribution is 7.84. The van der Waals surface area contributed by atoms with Gasteiger partial charge >= 0.3 is 0 Å². The Balaban J connectivity index is 1.27. The molecule has 3 fully saturated rings. The van der Waals surface area contributed by atoms with Crippen LogP contribution in [0.2, 0.25) is 0 Å². The molecule has 4 atom stereocenters. The van der Waals surface area contributed by atoms with Crippen LogP contribution >= 0.6 is 0 Å². The van der Waals surface area contributed by atoms with E-state index in [1.807, 2.05) is 29.2 Å². The van der Waals surface area contributed by atoms with E-state index in [2.05, 4.69) is 28.3 Å². The van der Waals surface area contributed by atoms with Gasteiger partial charge in [-0.3, -0.25) is 23.5 Å². The zero-order valence-electron chi connectivity index (χ0n) is 22.5. The molecule has 1 aromatic heterocycles. The zero-order valence-corrected chi connectivity index (χ0v) is 23.3. The number of ether oxygens (including phenoxy) is 2. The number of morpholine rings is 2. The summed E-state index contributed by atoms with van der Waals surface area (Å²) in [6, 6.07) is 8.09. The Morgan fingerprint density at radius 3 is 2.55 bits per heavy atom. The van der Waals surface area contributed by atoms with E-state index in [9.17, 15) is 9.00 Å². The van der Waals surface area contributed by atoms with Gasteiger partial charge in [0.25, 0.3) is 5.91 Å². The molecule has 0 bridgehead atoms. The SMILES string of the molecule is C[C@@H]1CN(CCN2CCCC(n3nc(C(=O)N4CCOCC4)c4c3-c3ccccc3S(=O)C4)C2)C[C@H](C)O1. The van der Waals surface area contributed by atoms with Crippen molar-refractivity contribution in [3.63, 3.8) is 0 Å². The highest BCUT2D eigenvalue weighted by Crippen LogP contribution is 2.40. The lowest BCUT2D eigenvalue weighted by Crippen LogP contribution is -2.49. The molecule has 10 heteroatoms. The van der Waals surface area contributed by atoms with E-state index in [0.717, 1.165) is 73.8 Å². The molecule has 3 saturated heterocycles. The molecule has 4 aliphatic heterocycles. The summed E-state index contributed by atoms with van der Waals surface area (Å²) in [7, 11) is -1.19. The van der Waals surface area contributed by atoms with E-state index in [1.54, 1.807) is 0 Å². The predicted octanol–water partition coefficient (Wildman–Crippen LogP) is 2.39. The first-order valence-electron chi connectivity index (χ1n) is 14.0. The number of amides is 1. The Kier molecular flexibility index (Phi) is 7.68. The van der Waals surface area contributed by atoms with Crippen molar-refractivity contribution in [2.45, 2.75) is 55.6 Å². The van der Waals surface area contributed by atoms with Crippen molar-refractivity contribution in [3.05, 3.63) is 35.5 Å². The third kappa shape index (κ3) is 5.21. The summed E-state index contributed by atoms with van der Waals surface area (Å²) in [5.41, 5.74) is 3.25. The van der Waals surface area contributed by atoms with Gasteiger partial charge in [-0.25, -0.2) is 0 Å². The van der Waals surface area contributed by atoms with Gasteiger partial charge in [0.15, 0.2) is 5.69 Å². The van der Waals surface area contributed by atoms with Crippen molar-refractivity contribution >= 4 is 16.7 Å². The van der Waals surface area contributed by atoms with E-state index < -0.39 is 10.8 Å². The second-order valence-electron chi connectivity index (χ2n) is 11.1. The zero-order chi connectivity index (χ0) is 26.2. The molecule has 0 saturated carbocycles. The molecule has 0 radical (unpaired) electrons. The summed E-state index contributed by atoms with van der Waals surface area (Å²) >= 11 is 0. The molecule has 0 spiro atoms. The van der Waals surface area contributed by atoms with Crippen LogP contribution in [0.15, 0.2) is 29.2 Å². The molecule has 0 N–H and O–H groups in total. The number of fused-ring (bicyclic) bond motifs is 3. The van der Waals surface area contributed by atoms with Crippen molar-refractivity contribution in [1.29, 1.82) is 0 Å². The van der Waals surface area contributed by atoms with Crippen LogP contribution in [0.1, 0.15) is 48.8 Å². The maximum Gasteiger partial charge on any atom is 0.274 e. The van der Waals surface area contributed by atoms with Gasteiger partial charge in [-0.15, -0.1) is 0 Å². The molecule has 1 amide bonds. The Morgan fingerprint density at radius 2 is 1.76 bits per heavy atom. The first-order valence-corrected chi connectivity index (χ1v) is 15.4. The van der Waals surface area contributed by atoms with Crippen LogP contribution in [-0.2, 0) is 26.0 Å². The lowest BCUT2D eigenvalue weighted by atomic mass is 10.0. The summed E-state index contributed by atoms with van der Waals surface area (Å²) in [5.74, 6) is 0.268. The van der Waals surface area contributed by atoms with E-state index in [4.69, 9.17) is 14.6 Å². The normalized spacial score (nSPS) is 28.6. The number of aromatic nitrogens is 2. The fourth-order valence-electron chi connectivity index (χ4n) is 6.50. The van der Waals surface area contributed by atoms with Crippen LogP contribution in [0.25, 0.3) is 11.3 Å². The Labute approximate surface area is 227 Å². The lowest BCUT2D eigenvalue weighted by Gasteiger charge is -2.38. The highest BCUT2D eigenvalue weighted by Gasteiger charge is 2.36. The number of piperidine rings is 1. The molecule has 2 unspecified atom stereocenters. The van der Waals surface area contributed by atoms with Crippen LogP contribution in [0, 0.1) is 0 Å². The van der Waals surface area contributed by atoms with Gasteiger partial charge in [-0.1, -0.05) is 18.2 Å². The van der Waals surface area contributed by atoms with Crippen molar-refractivity contribution in [1.82, 2.24) is 24.5 Å². The van der Waals surface area contributed by atoms with Gasteiger partial charge in [-0.2, -0.15) is 5.10 Å². The third-order valence-electron chi connectivity index (χ3n) is 8.23. The monoisotopic (exact) mass is 541 g/mol. The molecule has 9 nitrogen and oxygen atoms in total. The summed E-state index contributed by atoms with van der Waals surface area (Å²) in [5, 5.41) is 5.02. The number of rotatable bonds is 5. The number of hydrogen-bond acceptors (Lipinski definition) is 7. The number of likely N-dealkylation sites (tertiary alicyclic amines) is 1. The van der Waals surface area contributed by atoms with Crippen molar-refractivity contribution in [3.8, 4) is 11.3 Å². The molecule has 2 aromatic rings.